The first-order valence-corrected chi connectivity index (χ1v) is 5.65. The van der Waals surface area contributed by atoms with Crippen molar-refractivity contribution in [3.8, 4) is 0 Å². The lowest BCUT2D eigenvalue weighted by Gasteiger charge is -2.18. The number of aromatic nitrogens is 3. The summed E-state index contributed by atoms with van der Waals surface area (Å²) in [6, 6.07) is 0. The molecular formula is C10H18N6O. The summed E-state index contributed by atoms with van der Waals surface area (Å²) in [5, 5.41) is 9.12. The largest absolute Gasteiger partial charge is 0.396 e. The second kappa shape index (κ2) is 4.70. The lowest BCUT2D eigenvalue weighted by molar-refractivity contribution is 0.238. The lowest BCUT2D eigenvalue weighted by Crippen LogP contribution is -2.25. The molecule has 7 nitrogen and oxygen atoms in total. The monoisotopic (exact) mass is 238 g/mol. The van der Waals surface area contributed by atoms with Crippen LogP contribution in [0.15, 0.2) is 0 Å². The molecule has 1 saturated heterocycles. The summed E-state index contributed by atoms with van der Waals surface area (Å²) < 4.78 is 0. The molecule has 7 heteroatoms. The normalized spacial score (nSPS) is 19.7. The maximum atomic E-state index is 9.12. The summed E-state index contributed by atoms with van der Waals surface area (Å²) in [7, 11) is 3.72. The molecule has 0 saturated carbocycles. The van der Waals surface area contributed by atoms with E-state index in [2.05, 4.69) is 15.0 Å². The molecule has 1 aliphatic heterocycles. The number of nitrogens with two attached hydrogens (primary N) is 1. The highest BCUT2D eigenvalue weighted by atomic mass is 16.3. The molecule has 0 amide bonds. The van der Waals surface area contributed by atoms with E-state index in [1.54, 1.807) is 4.90 Å². The molecule has 1 aromatic heterocycles. The Labute approximate surface area is 100 Å². The molecule has 0 radical (unpaired) electrons. The van der Waals surface area contributed by atoms with Crippen molar-refractivity contribution in [2.45, 2.75) is 6.42 Å². The fourth-order valence-electron chi connectivity index (χ4n) is 1.87. The van der Waals surface area contributed by atoms with Crippen LogP contribution >= 0.6 is 0 Å². The van der Waals surface area contributed by atoms with Crippen LogP contribution in [0.1, 0.15) is 6.42 Å². The van der Waals surface area contributed by atoms with E-state index in [9.17, 15) is 0 Å². The Hall–Kier alpha value is -1.63. The average Bonchev–Trinajstić information content (AvgIpc) is 2.76. The predicted octanol–water partition coefficient (Wildman–Crippen LogP) is -0.662. The minimum Gasteiger partial charge on any atom is -0.396 e. The zero-order valence-corrected chi connectivity index (χ0v) is 10.2. The van der Waals surface area contributed by atoms with Crippen LogP contribution in [0.5, 0.6) is 0 Å². The Morgan fingerprint density at radius 2 is 2.18 bits per heavy atom. The Morgan fingerprint density at radius 3 is 2.76 bits per heavy atom. The number of nitrogen functional groups attached to an aromatic ring is 1. The molecule has 2 heterocycles. The van der Waals surface area contributed by atoms with Crippen LogP contribution < -0.4 is 15.5 Å². The van der Waals surface area contributed by atoms with Gasteiger partial charge in [-0.2, -0.15) is 15.0 Å². The molecule has 17 heavy (non-hydrogen) atoms. The van der Waals surface area contributed by atoms with Crippen LogP contribution in [0.25, 0.3) is 0 Å². The molecule has 1 fully saturated rings. The lowest BCUT2D eigenvalue weighted by atomic mass is 10.1. The first kappa shape index (κ1) is 11.8. The summed E-state index contributed by atoms with van der Waals surface area (Å²) in [5.41, 5.74) is 5.67. The molecule has 0 aromatic carbocycles. The van der Waals surface area contributed by atoms with Gasteiger partial charge in [-0.1, -0.05) is 0 Å². The quantitative estimate of drug-likeness (QED) is 0.722. The van der Waals surface area contributed by atoms with Crippen LogP contribution in [0.3, 0.4) is 0 Å². The van der Waals surface area contributed by atoms with E-state index < -0.39 is 0 Å². The van der Waals surface area contributed by atoms with Gasteiger partial charge in [0.1, 0.15) is 0 Å². The van der Waals surface area contributed by atoms with E-state index in [0.717, 1.165) is 19.5 Å². The van der Waals surface area contributed by atoms with Gasteiger partial charge >= 0.3 is 0 Å². The van der Waals surface area contributed by atoms with Crippen LogP contribution in [-0.4, -0.2) is 53.9 Å². The number of aliphatic hydroxyl groups is 1. The standard InChI is InChI=1S/C10H18N6O/c1-15(2)9-12-8(11)13-10(14-9)16-4-3-7(5-16)6-17/h7,17H,3-6H2,1-2H3,(H2,11,12,13,14). The second-order valence-electron chi connectivity index (χ2n) is 4.47. The molecule has 3 N–H and O–H groups in total. The molecular weight excluding hydrogens is 220 g/mol. The van der Waals surface area contributed by atoms with Gasteiger partial charge in [-0.05, 0) is 6.42 Å². The molecule has 2 rings (SSSR count). The highest BCUT2D eigenvalue weighted by Crippen LogP contribution is 2.21. The van der Waals surface area contributed by atoms with Gasteiger partial charge in [0.05, 0.1) is 0 Å². The number of anilines is 3. The number of hydrogen-bond donors (Lipinski definition) is 2. The summed E-state index contributed by atoms with van der Waals surface area (Å²) in [6.45, 7) is 1.83. The summed E-state index contributed by atoms with van der Waals surface area (Å²) in [4.78, 5) is 16.4. The Balaban J connectivity index is 2.21. The first-order valence-electron chi connectivity index (χ1n) is 5.65. The van der Waals surface area contributed by atoms with Crippen molar-refractivity contribution in [2.24, 2.45) is 5.92 Å². The van der Waals surface area contributed by atoms with Crippen LogP contribution in [0.4, 0.5) is 17.8 Å². The summed E-state index contributed by atoms with van der Waals surface area (Å²) in [6.07, 6.45) is 0.958. The van der Waals surface area contributed by atoms with Gasteiger partial charge in [0.25, 0.3) is 0 Å². The average molecular weight is 238 g/mol. The number of rotatable bonds is 3. The van der Waals surface area contributed by atoms with E-state index in [4.69, 9.17) is 10.8 Å². The summed E-state index contributed by atoms with van der Waals surface area (Å²) in [5.74, 6) is 1.68. The molecule has 0 bridgehead atoms. The fourth-order valence-corrected chi connectivity index (χ4v) is 1.87. The van der Waals surface area contributed by atoms with Crippen molar-refractivity contribution in [1.29, 1.82) is 0 Å². The molecule has 1 aromatic rings. The van der Waals surface area contributed by atoms with Crippen molar-refractivity contribution in [3.05, 3.63) is 0 Å². The minimum atomic E-state index is 0.206. The summed E-state index contributed by atoms with van der Waals surface area (Å²) >= 11 is 0. The third-order valence-electron chi connectivity index (χ3n) is 2.86. The van der Waals surface area contributed by atoms with E-state index >= 15 is 0 Å². The first-order chi connectivity index (χ1) is 8.10. The van der Waals surface area contributed by atoms with E-state index in [1.807, 2.05) is 19.0 Å². The smallest absolute Gasteiger partial charge is 0.231 e. The second-order valence-corrected chi connectivity index (χ2v) is 4.47. The third kappa shape index (κ3) is 2.55. The Bertz CT molecular complexity index is 396. The zero-order chi connectivity index (χ0) is 12.4. The van der Waals surface area contributed by atoms with Gasteiger partial charge < -0.3 is 20.6 Å². The predicted molar refractivity (Wildman–Crippen MR) is 66.0 cm³/mol. The molecule has 1 atom stereocenters. The third-order valence-corrected chi connectivity index (χ3v) is 2.86. The molecule has 94 valence electrons. The van der Waals surface area contributed by atoms with Gasteiger partial charge in [-0.25, -0.2) is 0 Å². The van der Waals surface area contributed by atoms with Crippen LogP contribution in [0, 0.1) is 5.92 Å². The van der Waals surface area contributed by atoms with Crippen LogP contribution in [-0.2, 0) is 0 Å². The van der Waals surface area contributed by atoms with Gasteiger partial charge in [-0.15, -0.1) is 0 Å². The number of hydrogen-bond acceptors (Lipinski definition) is 7. The SMILES string of the molecule is CN(C)c1nc(N)nc(N2CCC(CO)C2)n1. The number of nitrogens with zero attached hydrogens (tertiary/aromatic N) is 5. The van der Waals surface area contributed by atoms with Crippen LogP contribution in [0.2, 0.25) is 0 Å². The molecule has 1 aliphatic rings. The Kier molecular flexibility index (Phi) is 3.28. The van der Waals surface area contributed by atoms with Gasteiger partial charge in [0, 0.05) is 39.7 Å². The van der Waals surface area contributed by atoms with Crippen molar-refractivity contribution in [3.63, 3.8) is 0 Å². The fraction of sp³-hybridized carbons (Fsp3) is 0.700. The molecule has 0 spiro atoms. The highest BCUT2D eigenvalue weighted by Gasteiger charge is 2.24. The van der Waals surface area contributed by atoms with Crippen molar-refractivity contribution in [1.82, 2.24) is 15.0 Å². The zero-order valence-electron chi connectivity index (χ0n) is 10.2. The van der Waals surface area contributed by atoms with E-state index in [-0.39, 0.29) is 12.6 Å². The van der Waals surface area contributed by atoms with E-state index in [0.29, 0.717) is 17.8 Å². The maximum Gasteiger partial charge on any atom is 0.231 e. The molecule has 1 unspecified atom stereocenters. The maximum absolute atomic E-state index is 9.12. The van der Waals surface area contributed by atoms with Crippen molar-refractivity contribution < 1.29 is 5.11 Å². The van der Waals surface area contributed by atoms with Gasteiger partial charge in [0.15, 0.2) is 0 Å². The molecule has 0 aliphatic carbocycles. The number of aliphatic hydroxyl groups excluding tert-OH is 1. The topological polar surface area (TPSA) is 91.4 Å². The van der Waals surface area contributed by atoms with Crippen molar-refractivity contribution in [2.75, 3.05) is 49.3 Å². The van der Waals surface area contributed by atoms with Crippen molar-refractivity contribution >= 4 is 17.8 Å². The van der Waals surface area contributed by atoms with Gasteiger partial charge in [-0.3, -0.25) is 0 Å². The highest BCUT2D eigenvalue weighted by molar-refractivity contribution is 5.43. The minimum absolute atomic E-state index is 0.206. The van der Waals surface area contributed by atoms with Gasteiger partial charge in [0.2, 0.25) is 17.8 Å². The van der Waals surface area contributed by atoms with E-state index in [1.165, 1.54) is 0 Å². The Morgan fingerprint density at radius 1 is 1.41 bits per heavy atom.